The van der Waals surface area contributed by atoms with E-state index in [2.05, 4.69) is 10.6 Å². The van der Waals surface area contributed by atoms with Crippen LogP contribution in [0.25, 0.3) is 0 Å². The maximum Gasteiger partial charge on any atom is 0.269 e. The van der Waals surface area contributed by atoms with Gasteiger partial charge in [0.15, 0.2) is 0 Å². The Hall–Kier alpha value is -1.95. The number of carbonyl (C=O) groups is 1. The molecule has 19 heavy (non-hydrogen) atoms. The zero-order chi connectivity index (χ0) is 13.7. The van der Waals surface area contributed by atoms with Crippen molar-refractivity contribution < 1.29 is 9.72 Å². The molecule has 1 aliphatic rings. The fourth-order valence-corrected chi connectivity index (χ4v) is 2.23. The minimum Gasteiger partial charge on any atom is -0.326 e. The monoisotopic (exact) mass is 263 g/mol. The van der Waals surface area contributed by atoms with E-state index in [1.165, 1.54) is 12.1 Å². The van der Waals surface area contributed by atoms with Crippen LogP contribution in [0.3, 0.4) is 0 Å². The maximum absolute atomic E-state index is 11.8. The first kappa shape index (κ1) is 13.5. The molecule has 0 unspecified atom stereocenters. The highest BCUT2D eigenvalue weighted by atomic mass is 16.6. The Morgan fingerprint density at radius 2 is 1.95 bits per heavy atom. The van der Waals surface area contributed by atoms with E-state index < -0.39 is 4.92 Å². The first-order chi connectivity index (χ1) is 9.15. The molecule has 0 aliphatic carbocycles. The maximum atomic E-state index is 11.8. The zero-order valence-electron chi connectivity index (χ0n) is 10.6. The van der Waals surface area contributed by atoms with Crippen LogP contribution >= 0.6 is 0 Å². The SMILES string of the molecule is O=C(CC1CCNCC1)Nc1ccc([N+](=O)[O-])cc1. The molecule has 1 amide bonds. The van der Waals surface area contributed by atoms with E-state index >= 15 is 0 Å². The van der Waals surface area contributed by atoms with E-state index in [9.17, 15) is 14.9 Å². The second-order valence-electron chi connectivity index (χ2n) is 4.75. The summed E-state index contributed by atoms with van der Waals surface area (Å²) in [6.45, 7) is 1.94. The number of nitro benzene ring substituents is 1. The largest absolute Gasteiger partial charge is 0.326 e. The zero-order valence-corrected chi connectivity index (χ0v) is 10.6. The van der Waals surface area contributed by atoms with E-state index in [1.54, 1.807) is 12.1 Å². The molecule has 6 nitrogen and oxygen atoms in total. The number of piperidine rings is 1. The van der Waals surface area contributed by atoms with Gasteiger partial charge in [-0.1, -0.05) is 0 Å². The molecule has 2 N–H and O–H groups in total. The molecule has 102 valence electrons. The van der Waals surface area contributed by atoms with Crippen molar-refractivity contribution in [2.24, 2.45) is 5.92 Å². The molecule has 1 fully saturated rings. The lowest BCUT2D eigenvalue weighted by Gasteiger charge is -2.21. The fourth-order valence-electron chi connectivity index (χ4n) is 2.23. The minimum absolute atomic E-state index is 0.0244. The highest BCUT2D eigenvalue weighted by Crippen LogP contribution is 2.19. The molecule has 1 heterocycles. The Kier molecular flexibility index (Phi) is 4.46. The Balaban J connectivity index is 1.85. The summed E-state index contributed by atoms with van der Waals surface area (Å²) >= 11 is 0. The third kappa shape index (κ3) is 4.03. The number of nitrogens with zero attached hydrogens (tertiary/aromatic N) is 1. The van der Waals surface area contributed by atoms with Crippen LogP contribution in [0.4, 0.5) is 11.4 Å². The number of non-ortho nitro benzene ring substituents is 1. The smallest absolute Gasteiger partial charge is 0.269 e. The van der Waals surface area contributed by atoms with Crippen LogP contribution in [0.2, 0.25) is 0 Å². The molecule has 1 aromatic rings. The molecule has 0 atom stereocenters. The molecule has 1 saturated heterocycles. The molecule has 0 bridgehead atoms. The van der Waals surface area contributed by atoms with Gasteiger partial charge in [0.2, 0.25) is 5.91 Å². The summed E-state index contributed by atoms with van der Waals surface area (Å²) in [5, 5.41) is 16.5. The van der Waals surface area contributed by atoms with Crippen LogP contribution in [-0.2, 0) is 4.79 Å². The Morgan fingerprint density at radius 1 is 1.32 bits per heavy atom. The number of hydrogen-bond donors (Lipinski definition) is 2. The number of hydrogen-bond acceptors (Lipinski definition) is 4. The Bertz CT molecular complexity index is 453. The fraction of sp³-hybridized carbons (Fsp3) is 0.462. The van der Waals surface area contributed by atoms with Crippen molar-refractivity contribution in [2.45, 2.75) is 19.3 Å². The van der Waals surface area contributed by atoms with Gasteiger partial charge in [-0.05, 0) is 44.0 Å². The van der Waals surface area contributed by atoms with Crippen molar-refractivity contribution in [1.29, 1.82) is 0 Å². The third-order valence-electron chi connectivity index (χ3n) is 3.29. The molecule has 0 spiro atoms. The van der Waals surface area contributed by atoms with E-state index in [1.807, 2.05) is 0 Å². The van der Waals surface area contributed by atoms with Crippen LogP contribution in [-0.4, -0.2) is 23.9 Å². The molecule has 6 heteroatoms. The van der Waals surface area contributed by atoms with Gasteiger partial charge in [0, 0.05) is 24.2 Å². The van der Waals surface area contributed by atoms with Crippen LogP contribution < -0.4 is 10.6 Å². The summed E-state index contributed by atoms with van der Waals surface area (Å²) in [6, 6.07) is 5.89. The van der Waals surface area contributed by atoms with Gasteiger partial charge in [0.1, 0.15) is 0 Å². The first-order valence-electron chi connectivity index (χ1n) is 6.40. The van der Waals surface area contributed by atoms with Crippen molar-refractivity contribution in [1.82, 2.24) is 5.32 Å². The van der Waals surface area contributed by atoms with Gasteiger partial charge in [-0.2, -0.15) is 0 Å². The Morgan fingerprint density at radius 3 is 2.53 bits per heavy atom. The predicted molar refractivity (Wildman–Crippen MR) is 71.9 cm³/mol. The summed E-state index contributed by atoms with van der Waals surface area (Å²) in [7, 11) is 0. The number of rotatable bonds is 4. The van der Waals surface area contributed by atoms with Crippen LogP contribution in [0.5, 0.6) is 0 Å². The molecule has 1 aliphatic heterocycles. The summed E-state index contributed by atoms with van der Waals surface area (Å²) < 4.78 is 0. The third-order valence-corrected chi connectivity index (χ3v) is 3.29. The van der Waals surface area contributed by atoms with E-state index in [0.29, 0.717) is 18.0 Å². The molecular weight excluding hydrogens is 246 g/mol. The quantitative estimate of drug-likeness (QED) is 0.642. The molecule has 0 saturated carbocycles. The first-order valence-corrected chi connectivity index (χ1v) is 6.40. The second kappa shape index (κ2) is 6.29. The Labute approximate surface area is 111 Å². The number of nitrogens with one attached hydrogen (secondary N) is 2. The standard InChI is InChI=1S/C13H17N3O3/c17-13(9-10-5-7-14-8-6-10)15-11-1-3-12(4-2-11)16(18)19/h1-4,10,14H,5-9H2,(H,15,17). The number of carbonyl (C=O) groups excluding carboxylic acids is 1. The predicted octanol–water partition coefficient (Wildman–Crippen LogP) is 1.92. The van der Waals surface area contributed by atoms with E-state index in [0.717, 1.165) is 25.9 Å². The lowest BCUT2D eigenvalue weighted by Crippen LogP contribution is -2.30. The summed E-state index contributed by atoms with van der Waals surface area (Å²) in [5.74, 6) is 0.403. The van der Waals surface area contributed by atoms with Crippen LogP contribution in [0.1, 0.15) is 19.3 Å². The highest BCUT2D eigenvalue weighted by Gasteiger charge is 2.16. The molecule has 2 rings (SSSR count). The minimum atomic E-state index is -0.458. The topological polar surface area (TPSA) is 84.3 Å². The summed E-state index contributed by atoms with van der Waals surface area (Å²) in [4.78, 5) is 21.9. The van der Waals surface area contributed by atoms with Gasteiger partial charge < -0.3 is 10.6 Å². The van der Waals surface area contributed by atoms with Gasteiger partial charge in [0.05, 0.1) is 4.92 Å². The van der Waals surface area contributed by atoms with Gasteiger partial charge in [0.25, 0.3) is 5.69 Å². The second-order valence-corrected chi connectivity index (χ2v) is 4.75. The summed E-state index contributed by atoms with van der Waals surface area (Å²) in [6.07, 6.45) is 2.56. The van der Waals surface area contributed by atoms with Crippen molar-refractivity contribution in [3.05, 3.63) is 34.4 Å². The normalized spacial score (nSPS) is 16.0. The van der Waals surface area contributed by atoms with Gasteiger partial charge >= 0.3 is 0 Å². The number of nitro groups is 1. The molecule has 1 aromatic carbocycles. The lowest BCUT2D eigenvalue weighted by atomic mass is 9.94. The van der Waals surface area contributed by atoms with Crippen molar-refractivity contribution in [2.75, 3.05) is 18.4 Å². The average Bonchev–Trinajstić information content (AvgIpc) is 2.40. The number of amides is 1. The average molecular weight is 263 g/mol. The van der Waals surface area contributed by atoms with Gasteiger partial charge in [-0.25, -0.2) is 0 Å². The molecular formula is C13H17N3O3. The van der Waals surface area contributed by atoms with Gasteiger partial charge in [-0.15, -0.1) is 0 Å². The van der Waals surface area contributed by atoms with Crippen molar-refractivity contribution in [3.8, 4) is 0 Å². The van der Waals surface area contributed by atoms with Gasteiger partial charge in [-0.3, -0.25) is 14.9 Å². The number of anilines is 1. The number of benzene rings is 1. The highest BCUT2D eigenvalue weighted by molar-refractivity contribution is 5.90. The van der Waals surface area contributed by atoms with Crippen LogP contribution in [0, 0.1) is 16.0 Å². The van der Waals surface area contributed by atoms with Crippen LogP contribution in [0.15, 0.2) is 24.3 Å². The summed E-state index contributed by atoms with van der Waals surface area (Å²) in [5.41, 5.74) is 0.626. The molecule has 0 aromatic heterocycles. The van der Waals surface area contributed by atoms with E-state index in [4.69, 9.17) is 0 Å². The lowest BCUT2D eigenvalue weighted by molar-refractivity contribution is -0.384. The van der Waals surface area contributed by atoms with Crippen molar-refractivity contribution >= 4 is 17.3 Å². The molecule has 0 radical (unpaired) electrons. The van der Waals surface area contributed by atoms with Crippen molar-refractivity contribution in [3.63, 3.8) is 0 Å². The van der Waals surface area contributed by atoms with E-state index in [-0.39, 0.29) is 11.6 Å².